The summed E-state index contributed by atoms with van der Waals surface area (Å²) in [6, 6.07) is 8.40. The van der Waals surface area contributed by atoms with Crippen molar-refractivity contribution in [3.05, 3.63) is 35.5 Å². The highest BCUT2D eigenvalue weighted by Gasteiger charge is 2.19. The van der Waals surface area contributed by atoms with E-state index in [-0.39, 0.29) is 0 Å². The van der Waals surface area contributed by atoms with Gasteiger partial charge in [-0.25, -0.2) is 0 Å². The molecule has 2 aromatic rings. The number of para-hydroxylation sites is 1. The minimum atomic E-state index is 0.688. The van der Waals surface area contributed by atoms with Crippen LogP contribution in [0.15, 0.2) is 24.3 Å². The first-order valence-corrected chi connectivity index (χ1v) is 5.57. The predicted octanol–water partition coefficient (Wildman–Crippen LogP) is 1.92. The van der Waals surface area contributed by atoms with Crippen LogP contribution in [0, 0.1) is 6.92 Å². The number of rotatable bonds is 1. The summed E-state index contributed by atoms with van der Waals surface area (Å²) in [5, 5.41) is 1.31. The molecule has 82 valence electrons. The van der Waals surface area contributed by atoms with Crippen LogP contribution in [0.4, 0.5) is 0 Å². The first-order chi connectivity index (χ1) is 7.81. The van der Waals surface area contributed by atoms with Crippen molar-refractivity contribution < 1.29 is 4.79 Å². The largest absolute Gasteiger partial charge is 0.327 e. The van der Waals surface area contributed by atoms with Crippen LogP contribution in [-0.4, -0.2) is 22.4 Å². The monoisotopic (exact) mass is 214 g/mol. The lowest BCUT2D eigenvalue weighted by Gasteiger charge is -2.26. The highest BCUT2D eigenvalue weighted by atomic mass is 16.1. The van der Waals surface area contributed by atoms with E-state index in [9.17, 15) is 4.79 Å². The summed E-state index contributed by atoms with van der Waals surface area (Å²) in [6.45, 7) is 3.69. The molecule has 0 aliphatic carbocycles. The molecule has 0 N–H and O–H groups in total. The summed E-state index contributed by atoms with van der Waals surface area (Å²) in [4.78, 5) is 12.6. The zero-order valence-electron chi connectivity index (χ0n) is 9.31. The van der Waals surface area contributed by atoms with Gasteiger partial charge in [0.15, 0.2) is 0 Å². The topological polar surface area (TPSA) is 25.2 Å². The second kappa shape index (κ2) is 3.37. The maximum absolute atomic E-state index is 10.8. The Morgan fingerprint density at radius 1 is 1.31 bits per heavy atom. The van der Waals surface area contributed by atoms with Gasteiger partial charge in [0.25, 0.3) is 0 Å². The van der Waals surface area contributed by atoms with E-state index in [1.165, 1.54) is 22.2 Å². The lowest BCUT2D eigenvalue weighted by Crippen LogP contribution is -2.33. The van der Waals surface area contributed by atoms with Gasteiger partial charge in [0, 0.05) is 24.0 Å². The second-order valence-corrected chi connectivity index (χ2v) is 4.33. The van der Waals surface area contributed by atoms with Gasteiger partial charge in [-0.1, -0.05) is 18.2 Å². The molecule has 1 amide bonds. The molecular formula is C13H14N2O. The zero-order valence-corrected chi connectivity index (χ0v) is 9.31. The van der Waals surface area contributed by atoms with Crippen LogP contribution in [0.1, 0.15) is 11.3 Å². The molecule has 0 unspecified atom stereocenters. The van der Waals surface area contributed by atoms with Gasteiger partial charge in [0.05, 0.1) is 12.2 Å². The summed E-state index contributed by atoms with van der Waals surface area (Å²) in [6.07, 6.45) is 1.90. The summed E-state index contributed by atoms with van der Waals surface area (Å²) in [5.74, 6) is 0. The minimum Gasteiger partial charge on any atom is -0.327 e. The Morgan fingerprint density at radius 2 is 2.12 bits per heavy atom. The number of aromatic nitrogens is 1. The molecule has 1 aromatic carbocycles. The average molecular weight is 214 g/mol. The summed E-state index contributed by atoms with van der Waals surface area (Å²) >= 11 is 0. The average Bonchev–Trinajstić information content (AvgIpc) is 2.64. The highest BCUT2D eigenvalue weighted by molar-refractivity contribution is 5.85. The van der Waals surface area contributed by atoms with E-state index in [2.05, 4.69) is 35.8 Å². The van der Waals surface area contributed by atoms with Crippen LogP contribution < -0.4 is 0 Å². The van der Waals surface area contributed by atoms with Crippen molar-refractivity contribution in [1.82, 2.24) is 9.47 Å². The Balaban J connectivity index is 2.25. The first-order valence-electron chi connectivity index (χ1n) is 5.57. The summed E-state index contributed by atoms with van der Waals surface area (Å²) in [5.41, 5.74) is 3.97. The van der Waals surface area contributed by atoms with Crippen LogP contribution in [0.3, 0.4) is 0 Å². The number of aryl methyl sites for hydroxylation is 1. The van der Waals surface area contributed by atoms with Crippen molar-refractivity contribution in [3.8, 4) is 0 Å². The van der Waals surface area contributed by atoms with Gasteiger partial charge in [0.1, 0.15) is 0 Å². The van der Waals surface area contributed by atoms with Crippen LogP contribution in [0.25, 0.3) is 10.9 Å². The van der Waals surface area contributed by atoms with Gasteiger partial charge < -0.3 is 9.47 Å². The Bertz CT molecular complexity index is 556. The molecular weight excluding hydrogens is 200 g/mol. The van der Waals surface area contributed by atoms with Gasteiger partial charge in [-0.2, -0.15) is 0 Å². The third kappa shape index (κ3) is 1.18. The van der Waals surface area contributed by atoms with Gasteiger partial charge in [-0.3, -0.25) is 4.79 Å². The van der Waals surface area contributed by atoms with Crippen molar-refractivity contribution >= 4 is 17.3 Å². The lowest BCUT2D eigenvalue weighted by molar-refractivity contribution is -0.120. The van der Waals surface area contributed by atoms with E-state index >= 15 is 0 Å². The van der Waals surface area contributed by atoms with Gasteiger partial charge in [0.2, 0.25) is 6.41 Å². The number of nitrogens with zero attached hydrogens (tertiary/aromatic N) is 2. The predicted molar refractivity (Wildman–Crippen MR) is 63.1 cm³/mol. The van der Waals surface area contributed by atoms with Crippen LogP contribution >= 0.6 is 0 Å². The van der Waals surface area contributed by atoms with Gasteiger partial charge >= 0.3 is 0 Å². The SMILES string of the molecule is Cc1c2n(c3ccccc13)CN(C=O)CC2. The van der Waals surface area contributed by atoms with Crippen LogP contribution in [-0.2, 0) is 17.9 Å². The molecule has 1 aliphatic heterocycles. The van der Waals surface area contributed by atoms with Crippen LogP contribution in [0.5, 0.6) is 0 Å². The molecule has 0 atom stereocenters. The van der Waals surface area contributed by atoms with Crippen molar-refractivity contribution in [3.63, 3.8) is 0 Å². The van der Waals surface area contributed by atoms with E-state index in [0.29, 0.717) is 6.67 Å². The summed E-state index contributed by atoms with van der Waals surface area (Å²) < 4.78 is 2.25. The van der Waals surface area contributed by atoms with E-state index < -0.39 is 0 Å². The van der Waals surface area contributed by atoms with E-state index in [0.717, 1.165) is 19.4 Å². The Kier molecular flexibility index (Phi) is 1.99. The minimum absolute atomic E-state index is 0.688. The number of hydrogen-bond acceptors (Lipinski definition) is 1. The molecule has 16 heavy (non-hydrogen) atoms. The Labute approximate surface area is 94.3 Å². The molecule has 0 saturated carbocycles. The molecule has 0 bridgehead atoms. The zero-order chi connectivity index (χ0) is 11.1. The third-order valence-corrected chi connectivity index (χ3v) is 3.47. The number of amides is 1. The lowest BCUT2D eigenvalue weighted by atomic mass is 10.1. The normalized spacial score (nSPS) is 15.2. The van der Waals surface area contributed by atoms with E-state index in [1.54, 1.807) is 0 Å². The number of carbonyl (C=O) groups is 1. The maximum Gasteiger partial charge on any atom is 0.211 e. The van der Waals surface area contributed by atoms with Crippen molar-refractivity contribution in [2.45, 2.75) is 20.0 Å². The second-order valence-electron chi connectivity index (χ2n) is 4.33. The highest BCUT2D eigenvalue weighted by Crippen LogP contribution is 2.28. The molecule has 3 rings (SSSR count). The Hall–Kier alpha value is -1.77. The number of benzene rings is 1. The molecule has 0 saturated heterocycles. The number of hydrogen-bond donors (Lipinski definition) is 0. The number of fused-ring (bicyclic) bond motifs is 3. The third-order valence-electron chi connectivity index (χ3n) is 3.47. The van der Waals surface area contributed by atoms with E-state index in [1.807, 2.05) is 4.90 Å². The number of carbonyl (C=O) groups excluding carboxylic acids is 1. The standard InChI is InChI=1S/C13H14N2O/c1-10-11-4-2-3-5-13(11)15-8-14(9-16)7-6-12(10)15/h2-5,9H,6-8H2,1H3. The van der Waals surface area contributed by atoms with E-state index in [4.69, 9.17) is 0 Å². The Morgan fingerprint density at radius 3 is 2.94 bits per heavy atom. The molecule has 1 aliphatic rings. The molecule has 2 heterocycles. The fraction of sp³-hybridized carbons (Fsp3) is 0.308. The fourth-order valence-electron chi connectivity index (χ4n) is 2.60. The van der Waals surface area contributed by atoms with Gasteiger partial charge in [-0.05, 0) is 18.6 Å². The molecule has 0 fully saturated rings. The molecule has 3 heteroatoms. The van der Waals surface area contributed by atoms with Crippen LogP contribution in [0.2, 0.25) is 0 Å². The van der Waals surface area contributed by atoms with Gasteiger partial charge in [-0.15, -0.1) is 0 Å². The van der Waals surface area contributed by atoms with Crippen molar-refractivity contribution in [1.29, 1.82) is 0 Å². The smallest absolute Gasteiger partial charge is 0.211 e. The quantitative estimate of drug-likeness (QED) is 0.666. The summed E-state index contributed by atoms with van der Waals surface area (Å²) in [7, 11) is 0. The van der Waals surface area contributed by atoms with Crippen molar-refractivity contribution in [2.75, 3.05) is 6.54 Å². The molecule has 0 radical (unpaired) electrons. The molecule has 3 nitrogen and oxygen atoms in total. The first kappa shape index (κ1) is 9.46. The fourth-order valence-corrected chi connectivity index (χ4v) is 2.60. The molecule has 1 aromatic heterocycles. The molecule has 0 spiro atoms. The van der Waals surface area contributed by atoms with Crippen molar-refractivity contribution in [2.24, 2.45) is 0 Å². The maximum atomic E-state index is 10.8.